The van der Waals surface area contributed by atoms with Gasteiger partial charge in [0.15, 0.2) is 9.84 Å². The van der Waals surface area contributed by atoms with Crippen molar-refractivity contribution in [2.24, 2.45) is 7.05 Å². The number of hydrogen-bond donors (Lipinski definition) is 2. The second kappa shape index (κ2) is 6.75. The number of aromatic amines is 1. The Morgan fingerprint density at radius 2 is 2.04 bits per heavy atom. The van der Waals surface area contributed by atoms with Crippen LogP contribution in [0.1, 0.15) is 5.56 Å². The zero-order valence-electron chi connectivity index (χ0n) is 15.3. The molecule has 0 saturated carbocycles. The first-order valence-corrected chi connectivity index (χ1v) is 10.4. The zero-order chi connectivity index (χ0) is 19.9. The lowest BCUT2D eigenvalue weighted by Crippen LogP contribution is -2.07. The number of aryl methyl sites for hydroxylation is 1. The van der Waals surface area contributed by atoms with Crippen LogP contribution in [0.5, 0.6) is 0 Å². The van der Waals surface area contributed by atoms with Gasteiger partial charge < -0.3 is 5.32 Å². The zero-order valence-corrected chi connectivity index (χ0v) is 16.1. The summed E-state index contributed by atoms with van der Waals surface area (Å²) in [6.07, 6.45) is 4.73. The highest BCUT2D eigenvalue weighted by Gasteiger charge is 2.15. The first kappa shape index (κ1) is 18.2. The third-order valence-corrected chi connectivity index (χ3v) is 5.64. The normalized spacial score (nSPS) is 11.8. The number of nitrogens with one attached hydrogen (secondary N) is 2. The van der Waals surface area contributed by atoms with Gasteiger partial charge in [0.05, 0.1) is 16.6 Å². The van der Waals surface area contributed by atoms with Gasteiger partial charge in [-0.3, -0.25) is 9.78 Å². The molecule has 9 heteroatoms. The fourth-order valence-corrected chi connectivity index (χ4v) is 4.06. The van der Waals surface area contributed by atoms with Crippen LogP contribution in [0.15, 0.2) is 53.7 Å². The number of halogens is 1. The molecule has 2 aromatic heterocycles. The highest BCUT2D eigenvalue weighted by molar-refractivity contribution is 7.90. The van der Waals surface area contributed by atoms with Crippen molar-refractivity contribution in [3.63, 3.8) is 0 Å². The van der Waals surface area contributed by atoms with Crippen LogP contribution in [0.4, 0.5) is 10.1 Å². The number of sulfone groups is 1. The van der Waals surface area contributed by atoms with Crippen molar-refractivity contribution < 1.29 is 12.8 Å². The molecule has 144 valence electrons. The molecule has 7 nitrogen and oxygen atoms in total. The van der Waals surface area contributed by atoms with Crippen molar-refractivity contribution in [1.82, 2.24) is 20.0 Å². The van der Waals surface area contributed by atoms with Gasteiger partial charge in [-0.1, -0.05) is 0 Å². The Morgan fingerprint density at radius 3 is 2.75 bits per heavy atom. The van der Waals surface area contributed by atoms with Crippen molar-refractivity contribution in [3.8, 4) is 11.3 Å². The number of hydrogen-bond acceptors (Lipinski definition) is 5. The van der Waals surface area contributed by atoms with E-state index in [2.05, 4.69) is 20.6 Å². The maximum absolute atomic E-state index is 13.6. The largest absolute Gasteiger partial charge is 0.381 e. The summed E-state index contributed by atoms with van der Waals surface area (Å²) in [6.45, 7) is 0.172. The predicted molar refractivity (Wildman–Crippen MR) is 105 cm³/mol. The summed E-state index contributed by atoms with van der Waals surface area (Å²) in [6, 6.07) is 9.33. The molecule has 0 radical (unpaired) electrons. The molecule has 0 saturated heterocycles. The monoisotopic (exact) mass is 399 g/mol. The minimum atomic E-state index is -3.45. The van der Waals surface area contributed by atoms with E-state index in [4.69, 9.17) is 0 Å². The summed E-state index contributed by atoms with van der Waals surface area (Å²) in [5.74, 6) is -0.478. The highest BCUT2D eigenvalue weighted by atomic mass is 32.2. The van der Waals surface area contributed by atoms with Gasteiger partial charge in [-0.2, -0.15) is 10.2 Å². The van der Waals surface area contributed by atoms with Crippen LogP contribution < -0.4 is 5.32 Å². The van der Waals surface area contributed by atoms with Crippen LogP contribution in [0.2, 0.25) is 0 Å². The molecular formula is C19H18FN5O2S. The average Bonchev–Trinajstić information content (AvgIpc) is 3.24. The van der Waals surface area contributed by atoms with Gasteiger partial charge in [-0.25, -0.2) is 12.8 Å². The average molecular weight is 399 g/mol. The van der Waals surface area contributed by atoms with Gasteiger partial charge in [0, 0.05) is 42.7 Å². The standard InChI is InChI=1S/C19H18FN5O2S/c1-25-11-13(10-22-25)19-16-8-15(4-5-17(16)23-24-19)21-9-12-7-14(20)3-6-18(12)28(2,26)27/h3-8,10-11,21H,9H2,1-2H3,(H,23,24). The van der Waals surface area contributed by atoms with Crippen molar-refractivity contribution in [2.45, 2.75) is 11.4 Å². The van der Waals surface area contributed by atoms with E-state index in [0.717, 1.165) is 40.2 Å². The molecule has 0 aliphatic rings. The van der Waals surface area contributed by atoms with Crippen LogP contribution in [0.25, 0.3) is 22.2 Å². The number of rotatable bonds is 5. The molecule has 0 unspecified atom stereocenters. The van der Waals surface area contributed by atoms with Crippen molar-refractivity contribution >= 4 is 26.4 Å². The van der Waals surface area contributed by atoms with E-state index < -0.39 is 15.7 Å². The molecule has 2 heterocycles. The Bertz CT molecular complexity index is 1280. The second-order valence-electron chi connectivity index (χ2n) is 6.61. The maximum atomic E-state index is 13.6. The molecule has 0 spiro atoms. The summed E-state index contributed by atoms with van der Waals surface area (Å²) in [4.78, 5) is 0.113. The Morgan fingerprint density at radius 1 is 1.21 bits per heavy atom. The van der Waals surface area contributed by atoms with E-state index in [1.165, 1.54) is 12.1 Å². The Balaban J connectivity index is 1.66. The van der Waals surface area contributed by atoms with Crippen LogP contribution in [-0.4, -0.2) is 34.7 Å². The minimum Gasteiger partial charge on any atom is -0.381 e. The Labute approximate surface area is 161 Å². The summed E-state index contributed by atoms with van der Waals surface area (Å²) < 4.78 is 39.2. The van der Waals surface area contributed by atoms with Gasteiger partial charge in [0.1, 0.15) is 11.5 Å². The van der Waals surface area contributed by atoms with Gasteiger partial charge in [-0.15, -0.1) is 0 Å². The van der Waals surface area contributed by atoms with Gasteiger partial charge in [0.25, 0.3) is 0 Å². The van der Waals surface area contributed by atoms with Crippen LogP contribution in [-0.2, 0) is 23.4 Å². The van der Waals surface area contributed by atoms with Crippen molar-refractivity contribution in [3.05, 3.63) is 60.2 Å². The van der Waals surface area contributed by atoms with E-state index in [1.54, 1.807) is 10.9 Å². The Hall–Kier alpha value is -3.20. The van der Waals surface area contributed by atoms with Gasteiger partial charge in [-0.05, 0) is 42.0 Å². The number of nitrogens with zero attached hydrogens (tertiary/aromatic N) is 3. The molecule has 0 aliphatic carbocycles. The first-order valence-electron chi connectivity index (χ1n) is 8.51. The lowest BCUT2D eigenvalue weighted by Gasteiger charge is -2.11. The Kier molecular flexibility index (Phi) is 4.38. The van der Waals surface area contributed by atoms with Crippen LogP contribution >= 0.6 is 0 Å². The topological polar surface area (TPSA) is 92.7 Å². The van der Waals surface area contributed by atoms with Crippen LogP contribution in [0.3, 0.4) is 0 Å². The number of aromatic nitrogens is 4. The molecule has 0 bridgehead atoms. The number of fused-ring (bicyclic) bond motifs is 1. The number of benzene rings is 2. The molecule has 0 atom stereocenters. The summed E-state index contributed by atoms with van der Waals surface area (Å²) >= 11 is 0. The van der Waals surface area contributed by atoms with Gasteiger partial charge >= 0.3 is 0 Å². The summed E-state index contributed by atoms with van der Waals surface area (Å²) in [5.41, 5.74) is 3.67. The maximum Gasteiger partial charge on any atom is 0.175 e. The fourth-order valence-electron chi connectivity index (χ4n) is 3.13. The van der Waals surface area contributed by atoms with E-state index in [-0.39, 0.29) is 11.4 Å². The third kappa shape index (κ3) is 3.48. The first-order chi connectivity index (χ1) is 13.3. The predicted octanol–water partition coefficient (Wildman–Crippen LogP) is 3.12. The second-order valence-corrected chi connectivity index (χ2v) is 8.60. The van der Waals surface area contributed by atoms with E-state index in [9.17, 15) is 12.8 Å². The quantitative estimate of drug-likeness (QED) is 0.503. The summed E-state index contributed by atoms with van der Waals surface area (Å²) in [7, 11) is -1.61. The molecule has 28 heavy (non-hydrogen) atoms. The highest BCUT2D eigenvalue weighted by Crippen LogP contribution is 2.28. The smallest absolute Gasteiger partial charge is 0.175 e. The molecule has 0 amide bonds. The van der Waals surface area contributed by atoms with E-state index in [0.29, 0.717) is 5.56 Å². The van der Waals surface area contributed by atoms with E-state index >= 15 is 0 Å². The van der Waals surface area contributed by atoms with Crippen molar-refractivity contribution in [1.29, 1.82) is 0 Å². The number of anilines is 1. The molecular weight excluding hydrogens is 381 g/mol. The van der Waals surface area contributed by atoms with E-state index in [1.807, 2.05) is 31.4 Å². The molecule has 0 fully saturated rings. The van der Waals surface area contributed by atoms with Crippen LogP contribution in [0, 0.1) is 5.82 Å². The summed E-state index contributed by atoms with van der Waals surface area (Å²) in [5, 5.41) is 15.6. The molecule has 2 N–H and O–H groups in total. The van der Waals surface area contributed by atoms with Gasteiger partial charge in [0.2, 0.25) is 0 Å². The molecule has 0 aliphatic heterocycles. The lowest BCUT2D eigenvalue weighted by atomic mass is 10.1. The van der Waals surface area contributed by atoms with Crippen molar-refractivity contribution in [2.75, 3.05) is 11.6 Å². The lowest BCUT2D eigenvalue weighted by molar-refractivity contribution is 0.598. The SMILES string of the molecule is Cn1cc(-c2n[nH]c3ccc(NCc4cc(F)ccc4S(C)(=O)=O)cc23)cn1. The fraction of sp³-hybridized carbons (Fsp3) is 0.158. The number of H-pyrrole nitrogens is 1. The minimum absolute atomic E-state index is 0.113. The molecule has 2 aromatic carbocycles. The third-order valence-electron chi connectivity index (χ3n) is 4.45. The molecule has 4 aromatic rings. The molecule has 4 rings (SSSR count).